The number of carbonyl (C=O) groups is 3. The van der Waals surface area contributed by atoms with Gasteiger partial charge in [0.25, 0.3) is 5.69 Å². The van der Waals surface area contributed by atoms with Crippen molar-refractivity contribution < 1.29 is 38.6 Å². The molecule has 35 heavy (non-hydrogen) atoms. The molecule has 2 aromatic carbocycles. The lowest BCUT2D eigenvalue weighted by molar-refractivity contribution is -0.384. The van der Waals surface area contributed by atoms with Crippen LogP contribution in [-0.2, 0) is 14.3 Å². The minimum Gasteiger partial charge on any atom is -0.494 e. The van der Waals surface area contributed by atoms with Crippen LogP contribution in [0.25, 0.3) is 16.9 Å². The molecule has 0 spiro atoms. The number of nitro benzene ring substituents is 1. The summed E-state index contributed by atoms with van der Waals surface area (Å²) in [5, 5.41) is 24.9. The van der Waals surface area contributed by atoms with E-state index in [4.69, 9.17) is 19.3 Å². The lowest BCUT2D eigenvalue weighted by Gasteiger charge is -2.08. The van der Waals surface area contributed by atoms with Crippen LogP contribution in [0.4, 0.5) is 5.69 Å². The lowest BCUT2D eigenvalue weighted by atomic mass is 10.0. The van der Waals surface area contributed by atoms with Crippen molar-refractivity contribution in [2.75, 3.05) is 20.8 Å². The van der Waals surface area contributed by atoms with Crippen LogP contribution < -0.4 is 4.74 Å². The topological polar surface area (TPSA) is 160 Å². The van der Waals surface area contributed by atoms with Crippen LogP contribution in [-0.4, -0.2) is 58.5 Å². The van der Waals surface area contributed by atoms with Gasteiger partial charge >= 0.3 is 17.9 Å². The van der Waals surface area contributed by atoms with Crippen LogP contribution in [0.5, 0.6) is 5.75 Å². The van der Waals surface area contributed by atoms with Crippen molar-refractivity contribution in [2.24, 2.45) is 0 Å². The van der Waals surface area contributed by atoms with E-state index in [-0.39, 0.29) is 47.7 Å². The van der Waals surface area contributed by atoms with E-state index in [0.717, 1.165) is 18.9 Å². The Morgan fingerprint density at radius 3 is 2.34 bits per heavy atom. The van der Waals surface area contributed by atoms with Gasteiger partial charge < -0.3 is 19.3 Å². The second-order valence-electron chi connectivity index (χ2n) is 7.08. The van der Waals surface area contributed by atoms with Crippen LogP contribution >= 0.6 is 0 Å². The Kier molecular flexibility index (Phi) is 7.77. The summed E-state index contributed by atoms with van der Waals surface area (Å²) in [6.07, 6.45) is 0.0977. The number of carboxylic acid groups (broad SMARTS) is 1. The second kappa shape index (κ2) is 10.9. The molecule has 1 aromatic heterocycles. The quantitative estimate of drug-likeness (QED) is 0.196. The summed E-state index contributed by atoms with van der Waals surface area (Å²) in [4.78, 5) is 47.4. The van der Waals surface area contributed by atoms with Crippen LogP contribution in [0.15, 0.2) is 48.5 Å². The van der Waals surface area contributed by atoms with Gasteiger partial charge in [-0.05, 0) is 30.7 Å². The molecular formula is C23H21N3O9. The van der Waals surface area contributed by atoms with Gasteiger partial charge in [-0.3, -0.25) is 14.9 Å². The number of nitrogens with zero attached hydrogens (tertiary/aromatic N) is 3. The van der Waals surface area contributed by atoms with Crippen LogP contribution in [0.1, 0.15) is 33.7 Å². The fraction of sp³-hybridized carbons (Fsp3) is 0.217. The predicted molar refractivity (Wildman–Crippen MR) is 121 cm³/mol. The smallest absolute Gasteiger partial charge is 0.357 e. The SMILES string of the molecule is COC(=O)c1c(-c2cc(OCCCC(=O)O)ccc2[N+](=O)[O-])nn(-c2ccccc2)c1C(=O)OC. The summed E-state index contributed by atoms with van der Waals surface area (Å²) in [5.74, 6) is -2.66. The van der Waals surface area contributed by atoms with E-state index in [1.54, 1.807) is 30.3 Å². The number of aromatic nitrogens is 2. The van der Waals surface area contributed by atoms with Crippen molar-refractivity contribution in [1.29, 1.82) is 0 Å². The van der Waals surface area contributed by atoms with E-state index in [1.165, 1.54) is 18.2 Å². The zero-order valence-corrected chi connectivity index (χ0v) is 18.8. The van der Waals surface area contributed by atoms with Crippen LogP contribution in [0, 0.1) is 10.1 Å². The highest BCUT2D eigenvalue weighted by molar-refractivity contribution is 6.07. The summed E-state index contributed by atoms with van der Waals surface area (Å²) in [5.41, 5.74) is -0.901. The third kappa shape index (κ3) is 5.43. The first kappa shape index (κ1) is 24.9. The monoisotopic (exact) mass is 483 g/mol. The fourth-order valence-electron chi connectivity index (χ4n) is 3.31. The average molecular weight is 483 g/mol. The first-order valence-corrected chi connectivity index (χ1v) is 10.3. The molecule has 0 aliphatic heterocycles. The van der Waals surface area contributed by atoms with Crippen molar-refractivity contribution in [3.63, 3.8) is 0 Å². The van der Waals surface area contributed by atoms with Gasteiger partial charge in [-0.2, -0.15) is 5.10 Å². The van der Waals surface area contributed by atoms with Crippen molar-refractivity contribution >= 4 is 23.6 Å². The molecule has 1 N–H and O–H groups in total. The van der Waals surface area contributed by atoms with Crippen LogP contribution in [0.2, 0.25) is 0 Å². The van der Waals surface area contributed by atoms with E-state index in [9.17, 15) is 24.5 Å². The first-order valence-electron chi connectivity index (χ1n) is 10.3. The largest absolute Gasteiger partial charge is 0.494 e. The molecule has 3 aromatic rings. The Morgan fingerprint density at radius 2 is 1.74 bits per heavy atom. The van der Waals surface area contributed by atoms with Gasteiger partial charge in [-0.1, -0.05) is 18.2 Å². The Bertz CT molecular complexity index is 1270. The summed E-state index contributed by atoms with van der Waals surface area (Å²) in [6, 6.07) is 12.2. The van der Waals surface area contributed by atoms with E-state index >= 15 is 0 Å². The number of nitro groups is 1. The predicted octanol–water partition coefficient (Wildman–Crippen LogP) is 3.26. The number of rotatable bonds is 10. The molecule has 182 valence electrons. The number of aliphatic carboxylic acids is 1. The Balaban J connectivity index is 2.24. The normalized spacial score (nSPS) is 10.5. The highest BCUT2D eigenvalue weighted by atomic mass is 16.6. The molecule has 0 atom stereocenters. The molecule has 0 radical (unpaired) electrons. The first-order chi connectivity index (χ1) is 16.8. The molecule has 0 saturated heterocycles. The molecule has 0 amide bonds. The summed E-state index contributed by atoms with van der Waals surface area (Å²) in [6.45, 7) is 0.0409. The zero-order valence-electron chi connectivity index (χ0n) is 18.8. The number of hydrogen-bond donors (Lipinski definition) is 1. The van der Waals surface area contributed by atoms with E-state index < -0.39 is 28.5 Å². The van der Waals surface area contributed by atoms with E-state index in [2.05, 4.69) is 5.10 Å². The van der Waals surface area contributed by atoms with E-state index in [0.29, 0.717) is 5.69 Å². The standard InChI is InChI=1S/C23H21N3O9/c1-33-22(29)19-20(24-25(21(19)23(30)34-2)14-7-4-3-5-8-14)16-13-15(10-11-17(16)26(31)32)35-12-6-9-18(27)28/h3-5,7-8,10-11,13H,6,9,12H2,1-2H3,(H,27,28). The minimum absolute atomic E-state index is 0.0409. The molecule has 0 unspecified atom stereocenters. The third-order valence-corrected chi connectivity index (χ3v) is 4.88. The summed E-state index contributed by atoms with van der Waals surface area (Å²) < 4.78 is 16.4. The second-order valence-corrected chi connectivity index (χ2v) is 7.08. The minimum atomic E-state index is -0.984. The van der Waals surface area contributed by atoms with Gasteiger partial charge in [0, 0.05) is 12.5 Å². The number of para-hydroxylation sites is 1. The number of esters is 2. The van der Waals surface area contributed by atoms with Crippen molar-refractivity contribution in [2.45, 2.75) is 12.8 Å². The maximum absolute atomic E-state index is 12.8. The molecule has 0 fully saturated rings. The van der Waals surface area contributed by atoms with Gasteiger partial charge in [0.15, 0.2) is 5.69 Å². The highest BCUT2D eigenvalue weighted by Gasteiger charge is 2.34. The zero-order chi connectivity index (χ0) is 25.5. The van der Waals surface area contributed by atoms with Gasteiger partial charge in [0.2, 0.25) is 0 Å². The molecule has 3 rings (SSSR count). The number of benzene rings is 2. The van der Waals surface area contributed by atoms with Gasteiger partial charge in [-0.25, -0.2) is 14.3 Å². The van der Waals surface area contributed by atoms with E-state index in [1.807, 2.05) is 0 Å². The number of carboxylic acids is 1. The molecule has 12 heteroatoms. The molecule has 12 nitrogen and oxygen atoms in total. The third-order valence-electron chi connectivity index (χ3n) is 4.88. The highest BCUT2D eigenvalue weighted by Crippen LogP contribution is 2.37. The van der Waals surface area contributed by atoms with Gasteiger partial charge in [0.1, 0.15) is 17.0 Å². The molecule has 0 aliphatic carbocycles. The Labute approximate surface area is 198 Å². The van der Waals surface area contributed by atoms with Crippen LogP contribution in [0.3, 0.4) is 0 Å². The average Bonchev–Trinajstić information content (AvgIpc) is 3.26. The fourth-order valence-corrected chi connectivity index (χ4v) is 3.31. The molecule has 1 heterocycles. The number of hydrogen-bond acceptors (Lipinski definition) is 9. The Morgan fingerprint density at radius 1 is 1.06 bits per heavy atom. The maximum Gasteiger partial charge on any atom is 0.357 e. The lowest BCUT2D eigenvalue weighted by Crippen LogP contribution is -2.15. The van der Waals surface area contributed by atoms with Crippen molar-refractivity contribution in [1.82, 2.24) is 9.78 Å². The number of ether oxygens (including phenoxy) is 3. The Hall–Kier alpha value is -4.74. The maximum atomic E-state index is 12.8. The van der Waals surface area contributed by atoms with Crippen molar-refractivity contribution in [3.05, 3.63) is 69.9 Å². The van der Waals surface area contributed by atoms with Gasteiger partial charge in [-0.15, -0.1) is 0 Å². The molecule has 0 aliphatic rings. The van der Waals surface area contributed by atoms with Crippen molar-refractivity contribution in [3.8, 4) is 22.7 Å². The number of methoxy groups -OCH3 is 2. The van der Waals surface area contributed by atoms with Gasteiger partial charge in [0.05, 0.1) is 37.0 Å². The molecular weight excluding hydrogens is 462 g/mol. The molecule has 0 bridgehead atoms. The molecule has 0 saturated carbocycles. The number of carbonyl (C=O) groups excluding carboxylic acids is 2. The summed E-state index contributed by atoms with van der Waals surface area (Å²) in [7, 11) is 2.23. The summed E-state index contributed by atoms with van der Waals surface area (Å²) >= 11 is 0.